The molecule has 0 amide bonds. The SMILES string of the molecule is c1ccc(-c2cc(-c3cccc4oc5cc6ccccc6cc5c34)cc3c2-c2cc4ccccc4cc2C3(c2ccccc2)c2ccccc2)cc1. The summed E-state index contributed by atoms with van der Waals surface area (Å²) in [6.07, 6.45) is 0. The Morgan fingerprint density at radius 2 is 0.923 bits per heavy atom. The lowest BCUT2D eigenvalue weighted by molar-refractivity contribution is 0.669. The standard InChI is InChI=1S/C51H32O/c1-4-15-33(16-5-1)42-29-38(41-25-14-26-47-50(41)44-28-35-18-11-13-20-37(35)32-48(44)52-47)31-46-49(42)43-27-34-17-10-12-19-36(34)30-45(43)51(46,39-21-6-2-7-22-39)40-23-8-3-9-24-40/h1-32H. The van der Waals surface area contributed by atoms with Crippen LogP contribution < -0.4 is 0 Å². The Morgan fingerprint density at radius 1 is 0.346 bits per heavy atom. The summed E-state index contributed by atoms with van der Waals surface area (Å²) in [6, 6.07) is 71.3. The van der Waals surface area contributed by atoms with Gasteiger partial charge >= 0.3 is 0 Å². The van der Waals surface area contributed by atoms with E-state index in [1.54, 1.807) is 0 Å². The van der Waals surface area contributed by atoms with E-state index in [9.17, 15) is 0 Å². The molecule has 52 heavy (non-hydrogen) atoms. The molecule has 10 aromatic rings. The zero-order valence-electron chi connectivity index (χ0n) is 28.4. The fourth-order valence-corrected chi connectivity index (χ4v) is 9.05. The van der Waals surface area contributed by atoms with Crippen LogP contribution in [0.25, 0.3) is 76.9 Å². The normalized spacial score (nSPS) is 13.2. The number of hydrogen-bond donors (Lipinski definition) is 0. The third-order valence-electron chi connectivity index (χ3n) is 11.3. The van der Waals surface area contributed by atoms with Crippen LogP contribution >= 0.6 is 0 Å². The highest BCUT2D eigenvalue weighted by atomic mass is 16.3. The minimum absolute atomic E-state index is 0.556. The Hall–Kier alpha value is -6.70. The second kappa shape index (κ2) is 11.2. The fourth-order valence-electron chi connectivity index (χ4n) is 9.05. The van der Waals surface area contributed by atoms with Gasteiger partial charge in [-0.15, -0.1) is 0 Å². The summed E-state index contributed by atoms with van der Waals surface area (Å²) >= 11 is 0. The van der Waals surface area contributed by atoms with Gasteiger partial charge in [-0.2, -0.15) is 0 Å². The predicted molar refractivity (Wildman–Crippen MR) is 217 cm³/mol. The molecule has 1 aliphatic carbocycles. The van der Waals surface area contributed by atoms with Crippen LogP contribution in [0.2, 0.25) is 0 Å². The van der Waals surface area contributed by atoms with Gasteiger partial charge in [0.25, 0.3) is 0 Å². The molecule has 1 nitrogen and oxygen atoms in total. The third-order valence-corrected chi connectivity index (χ3v) is 11.3. The van der Waals surface area contributed by atoms with Crippen molar-refractivity contribution in [1.29, 1.82) is 0 Å². The van der Waals surface area contributed by atoms with E-state index in [0.29, 0.717) is 0 Å². The minimum Gasteiger partial charge on any atom is -0.456 e. The Labute approximate surface area is 302 Å². The van der Waals surface area contributed by atoms with E-state index >= 15 is 0 Å². The molecule has 0 bridgehead atoms. The average Bonchev–Trinajstić information content (AvgIpc) is 3.72. The summed E-state index contributed by atoms with van der Waals surface area (Å²) in [4.78, 5) is 0. The van der Waals surface area contributed by atoms with Crippen molar-refractivity contribution in [3.63, 3.8) is 0 Å². The zero-order chi connectivity index (χ0) is 34.2. The van der Waals surface area contributed by atoms with E-state index < -0.39 is 5.41 Å². The second-order valence-corrected chi connectivity index (χ2v) is 14.0. The predicted octanol–water partition coefficient (Wildman–Crippen LogP) is 13.6. The van der Waals surface area contributed by atoms with Gasteiger partial charge in [0, 0.05) is 10.8 Å². The summed E-state index contributed by atoms with van der Waals surface area (Å²) in [7, 11) is 0. The molecule has 0 N–H and O–H groups in total. The van der Waals surface area contributed by atoms with E-state index in [1.165, 1.54) is 77.2 Å². The highest BCUT2D eigenvalue weighted by Crippen LogP contribution is 2.60. The fraction of sp³-hybridized carbons (Fsp3) is 0.0196. The molecule has 9 aromatic carbocycles. The van der Waals surface area contributed by atoms with E-state index in [4.69, 9.17) is 4.42 Å². The quantitative estimate of drug-likeness (QED) is 0.183. The summed E-state index contributed by atoms with van der Waals surface area (Å²) in [5.74, 6) is 0. The van der Waals surface area contributed by atoms with Crippen molar-refractivity contribution in [2.24, 2.45) is 0 Å². The molecule has 0 unspecified atom stereocenters. The monoisotopic (exact) mass is 660 g/mol. The molecule has 0 radical (unpaired) electrons. The first-order chi connectivity index (χ1) is 25.8. The highest BCUT2D eigenvalue weighted by Gasteiger charge is 2.47. The van der Waals surface area contributed by atoms with Gasteiger partial charge in [-0.1, -0.05) is 152 Å². The molecule has 1 heterocycles. The van der Waals surface area contributed by atoms with Gasteiger partial charge in [0.15, 0.2) is 0 Å². The minimum atomic E-state index is -0.556. The van der Waals surface area contributed by atoms with E-state index in [2.05, 4.69) is 194 Å². The maximum Gasteiger partial charge on any atom is 0.136 e. The van der Waals surface area contributed by atoms with Gasteiger partial charge in [-0.05, 0) is 120 Å². The molecule has 0 saturated carbocycles. The molecule has 1 aliphatic rings. The molecule has 0 saturated heterocycles. The van der Waals surface area contributed by atoms with Gasteiger partial charge < -0.3 is 4.42 Å². The topological polar surface area (TPSA) is 13.1 Å². The molecule has 242 valence electrons. The average molecular weight is 661 g/mol. The molecule has 0 spiro atoms. The molecule has 1 aromatic heterocycles. The summed E-state index contributed by atoms with van der Waals surface area (Å²) in [5, 5.41) is 7.16. The summed E-state index contributed by atoms with van der Waals surface area (Å²) in [6.45, 7) is 0. The molecular formula is C51H32O. The molecular weight excluding hydrogens is 629 g/mol. The van der Waals surface area contributed by atoms with Crippen molar-refractivity contribution < 1.29 is 4.42 Å². The second-order valence-electron chi connectivity index (χ2n) is 14.0. The lowest BCUT2D eigenvalue weighted by Gasteiger charge is -2.34. The molecule has 0 fully saturated rings. The van der Waals surface area contributed by atoms with Crippen LogP contribution in [-0.4, -0.2) is 0 Å². The van der Waals surface area contributed by atoms with Crippen molar-refractivity contribution in [2.45, 2.75) is 5.41 Å². The van der Waals surface area contributed by atoms with Gasteiger partial charge in [-0.25, -0.2) is 0 Å². The van der Waals surface area contributed by atoms with Crippen LogP contribution in [0.5, 0.6) is 0 Å². The lowest BCUT2D eigenvalue weighted by Crippen LogP contribution is -2.28. The first kappa shape index (κ1) is 29.1. The van der Waals surface area contributed by atoms with Crippen LogP contribution in [0.3, 0.4) is 0 Å². The molecule has 0 atom stereocenters. The van der Waals surface area contributed by atoms with Crippen LogP contribution in [0.1, 0.15) is 22.3 Å². The zero-order valence-corrected chi connectivity index (χ0v) is 28.4. The maximum absolute atomic E-state index is 6.60. The molecule has 11 rings (SSSR count). The van der Waals surface area contributed by atoms with Crippen LogP contribution in [0.15, 0.2) is 199 Å². The first-order valence-electron chi connectivity index (χ1n) is 18.0. The Kier molecular flexibility index (Phi) is 6.23. The Bertz CT molecular complexity index is 2950. The van der Waals surface area contributed by atoms with E-state index in [1.807, 2.05) is 0 Å². The van der Waals surface area contributed by atoms with Crippen molar-refractivity contribution >= 4 is 43.5 Å². The largest absolute Gasteiger partial charge is 0.456 e. The van der Waals surface area contributed by atoms with Gasteiger partial charge in [0.05, 0.1) is 5.41 Å². The van der Waals surface area contributed by atoms with Gasteiger partial charge in [-0.3, -0.25) is 0 Å². The third kappa shape index (κ3) is 4.11. The number of rotatable bonds is 4. The highest BCUT2D eigenvalue weighted by molar-refractivity contribution is 6.16. The van der Waals surface area contributed by atoms with Crippen molar-refractivity contribution in [2.75, 3.05) is 0 Å². The number of benzene rings is 9. The van der Waals surface area contributed by atoms with E-state index in [0.717, 1.165) is 21.9 Å². The Balaban J connectivity index is 1.32. The van der Waals surface area contributed by atoms with Crippen LogP contribution in [0, 0.1) is 0 Å². The summed E-state index contributed by atoms with van der Waals surface area (Å²) < 4.78 is 6.60. The summed E-state index contributed by atoms with van der Waals surface area (Å²) in [5.41, 5.74) is 13.7. The Morgan fingerprint density at radius 3 is 1.60 bits per heavy atom. The van der Waals surface area contributed by atoms with Gasteiger partial charge in [0.1, 0.15) is 11.2 Å². The molecule has 1 heteroatoms. The van der Waals surface area contributed by atoms with Gasteiger partial charge in [0.2, 0.25) is 0 Å². The van der Waals surface area contributed by atoms with Crippen molar-refractivity contribution in [3.05, 3.63) is 216 Å². The van der Waals surface area contributed by atoms with Crippen LogP contribution in [0.4, 0.5) is 0 Å². The van der Waals surface area contributed by atoms with Crippen molar-refractivity contribution in [1.82, 2.24) is 0 Å². The van der Waals surface area contributed by atoms with Crippen LogP contribution in [-0.2, 0) is 5.41 Å². The number of furan rings is 1. The smallest absolute Gasteiger partial charge is 0.136 e. The van der Waals surface area contributed by atoms with E-state index in [-0.39, 0.29) is 0 Å². The lowest BCUT2D eigenvalue weighted by atomic mass is 9.67. The number of hydrogen-bond acceptors (Lipinski definition) is 1. The first-order valence-corrected chi connectivity index (χ1v) is 18.0. The van der Waals surface area contributed by atoms with Crippen molar-refractivity contribution in [3.8, 4) is 33.4 Å². The maximum atomic E-state index is 6.60. The molecule has 0 aliphatic heterocycles. The number of fused-ring (bicyclic) bond motifs is 8.